The van der Waals surface area contributed by atoms with E-state index >= 15 is 0 Å². The Bertz CT molecular complexity index is 1130. The number of para-hydroxylation sites is 1. The van der Waals surface area contributed by atoms with E-state index in [0.29, 0.717) is 27.2 Å². The minimum atomic E-state index is -3.71. The third-order valence-electron chi connectivity index (χ3n) is 4.01. The average molecular weight is 489 g/mol. The number of sulfonamides is 1. The normalized spacial score (nSPS) is 11.2. The standard InChI is InChI=1S/C22H21BrN2O4S/c1-15(2)29-21-13-8-16(14-20(21)23)22(26)24-17-9-11-19(12-10-17)30(27,28)25-18-6-4-3-5-7-18/h3-15,25H,1-2H3,(H,24,26). The molecule has 0 heterocycles. The topological polar surface area (TPSA) is 84.5 Å². The molecule has 0 fully saturated rings. The number of hydrogen-bond donors (Lipinski definition) is 2. The van der Waals surface area contributed by atoms with Gasteiger partial charge in [0.25, 0.3) is 15.9 Å². The Labute approximate surface area is 184 Å². The number of nitrogens with one attached hydrogen (secondary N) is 2. The van der Waals surface area contributed by atoms with Gasteiger partial charge >= 0.3 is 0 Å². The van der Waals surface area contributed by atoms with Crippen molar-refractivity contribution in [2.45, 2.75) is 24.8 Å². The molecule has 0 bridgehead atoms. The quantitative estimate of drug-likeness (QED) is 0.473. The molecule has 6 nitrogen and oxygen atoms in total. The summed E-state index contributed by atoms with van der Waals surface area (Å²) >= 11 is 3.41. The van der Waals surface area contributed by atoms with Gasteiger partial charge in [-0.1, -0.05) is 18.2 Å². The van der Waals surface area contributed by atoms with Crippen molar-refractivity contribution >= 4 is 43.2 Å². The molecule has 0 saturated carbocycles. The third kappa shape index (κ3) is 5.61. The fraction of sp³-hybridized carbons (Fsp3) is 0.136. The molecule has 156 valence electrons. The largest absolute Gasteiger partial charge is 0.490 e. The lowest BCUT2D eigenvalue weighted by atomic mass is 10.2. The van der Waals surface area contributed by atoms with Gasteiger partial charge in [0.15, 0.2) is 0 Å². The van der Waals surface area contributed by atoms with Crippen LogP contribution in [0.15, 0.2) is 82.2 Å². The maximum atomic E-state index is 12.5. The van der Waals surface area contributed by atoms with Crippen LogP contribution in [0.25, 0.3) is 0 Å². The van der Waals surface area contributed by atoms with Crippen LogP contribution in [0.3, 0.4) is 0 Å². The highest BCUT2D eigenvalue weighted by Crippen LogP contribution is 2.27. The van der Waals surface area contributed by atoms with Gasteiger partial charge < -0.3 is 10.1 Å². The van der Waals surface area contributed by atoms with E-state index in [1.807, 2.05) is 13.8 Å². The van der Waals surface area contributed by atoms with Crippen LogP contribution >= 0.6 is 15.9 Å². The fourth-order valence-electron chi connectivity index (χ4n) is 2.63. The van der Waals surface area contributed by atoms with E-state index in [2.05, 4.69) is 26.0 Å². The predicted octanol–water partition coefficient (Wildman–Crippen LogP) is 5.29. The van der Waals surface area contributed by atoms with Gasteiger partial charge in [-0.2, -0.15) is 0 Å². The van der Waals surface area contributed by atoms with Crippen LogP contribution < -0.4 is 14.8 Å². The number of hydrogen-bond acceptors (Lipinski definition) is 4. The number of anilines is 2. The van der Waals surface area contributed by atoms with Gasteiger partial charge in [-0.3, -0.25) is 9.52 Å². The smallest absolute Gasteiger partial charge is 0.261 e. The molecule has 0 saturated heterocycles. The van der Waals surface area contributed by atoms with E-state index in [1.165, 1.54) is 12.1 Å². The van der Waals surface area contributed by atoms with Crippen LogP contribution in [0.5, 0.6) is 5.75 Å². The van der Waals surface area contributed by atoms with Gasteiger partial charge in [-0.15, -0.1) is 0 Å². The minimum Gasteiger partial charge on any atom is -0.490 e. The molecule has 8 heteroatoms. The van der Waals surface area contributed by atoms with Crippen molar-refractivity contribution in [2.75, 3.05) is 10.0 Å². The number of ether oxygens (including phenoxy) is 1. The van der Waals surface area contributed by atoms with Crippen LogP contribution in [0.2, 0.25) is 0 Å². The van der Waals surface area contributed by atoms with E-state index in [4.69, 9.17) is 4.74 Å². The Kier molecular flexibility index (Phi) is 6.79. The molecular formula is C22H21BrN2O4S. The fourth-order valence-corrected chi connectivity index (χ4v) is 4.16. The zero-order valence-corrected chi connectivity index (χ0v) is 18.8. The average Bonchev–Trinajstić information content (AvgIpc) is 2.70. The van der Waals surface area contributed by atoms with E-state index < -0.39 is 10.0 Å². The van der Waals surface area contributed by atoms with E-state index in [1.54, 1.807) is 60.7 Å². The Morgan fingerprint density at radius 1 is 0.933 bits per heavy atom. The first-order chi connectivity index (χ1) is 14.2. The van der Waals surface area contributed by atoms with Gasteiger partial charge in [0.2, 0.25) is 0 Å². The number of halogens is 1. The van der Waals surface area contributed by atoms with Crippen molar-refractivity contribution in [2.24, 2.45) is 0 Å². The predicted molar refractivity (Wildman–Crippen MR) is 122 cm³/mol. The number of carbonyl (C=O) groups excluding carboxylic acids is 1. The van der Waals surface area contributed by atoms with Gasteiger partial charge in [-0.25, -0.2) is 8.42 Å². The maximum Gasteiger partial charge on any atom is 0.261 e. The number of carbonyl (C=O) groups is 1. The van der Waals surface area contributed by atoms with E-state index in [-0.39, 0.29) is 16.9 Å². The van der Waals surface area contributed by atoms with Crippen molar-refractivity contribution in [1.29, 1.82) is 0 Å². The summed E-state index contributed by atoms with van der Waals surface area (Å²) in [6.45, 7) is 3.85. The molecule has 0 aromatic heterocycles. The van der Waals surface area contributed by atoms with Gasteiger partial charge in [-0.05, 0) is 84.4 Å². The second-order valence-electron chi connectivity index (χ2n) is 6.76. The first-order valence-corrected chi connectivity index (χ1v) is 11.5. The number of rotatable bonds is 7. The molecule has 0 aliphatic rings. The Hall–Kier alpha value is -2.84. The van der Waals surface area contributed by atoms with Crippen molar-refractivity contribution in [3.05, 3.63) is 82.8 Å². The number of amides is 1. The minimum absolute atomic E-state index is 0.0205. The summed E-state index contributed by atoms with van der Waals surface area (Å²) in [6, 6.07) is 19.7. The van der Waals surface area contributed by atoms with Crippen molar-refractivity contribution in [1.82, 2.24) is 0 Å². The molecule has 3 rings (SSSR count). The van der Waals surface area contributed by atoms with E-state index in [0.717, 1.165) is 0 Å². The monoisotopic (exact) mass is 488 g/mol. The zero-order valence-electron chi connectivity index (χ0n) is 16.4. The Balaban J connectivity index is 1.69. The molecule has 1 amide bonds. The molecule has 0 spiro atoms. The van der Waals surface area contributed by atoms with Crippen LogP contribution in [0.1, 0.15) is 24.2 Å². The molecule has 0 aliphatic carbocycles. The maximum absolute atomic E-state index is 12.5. The molecule has 0 unspecified atom stereocenters. The lowest BCUT2D eigenvalue weighted by molar-refractivity contribution is 0.102. The first-order valence-electron chi connectivity index (χ1n) is 9.20. The van der Waals surface area contributed by atoms with Crippen LogP contribution in [0, 0.1) is 0 Å². The summed E-state index contributed by atoms with van der Waals surface area (Å²) in [4.78, 5) is 12.6. The SMILES string of the molecule is CC(C)Oc1ccc(C(=O)Nc2ccc(S(=O)(=O)Nc3ccccc3)cc2)cc1Br. The summed E-state index contributed by atoms with van der Waals surface area (Å²) in [5, 5.41) is 2.76. The molecule has 0 aliphatic heterocycles. The second-order valence-corrected chi connectivity index (χ2v) is 9.30. The van der Waals surface area contributed by atoms with Crippen LogP contribution in [-0.4, -0.2) is 20.4 Å². The number of benzene rings is 3. The lowest BCUT2D eigenvalue weighted by Gasteiger charge is -2.13. The summed E-state index contributed by atoms with van der Waals surface area (Å²) in [7, 11) is -3.71. The Morgan fingerprint density at radius 3 is 2.20 bits per heavy atom. The lowest BCUT2D eigenvalue weighted by Crippen LogP contribution is -2.14. The van der Waals surface area contributed by atoms with Gasteiger partial charge in [0, 0.05) is 16.9 Å². The second kappa shape index (κ2) is 9.32. The van der Waals surface area contributed by atoms with Crippen molar-refractivity contribution in [3.63, 3.8) is 0 Å². The van der Waals surface area contributed by atoms with Crippen molar-refractivity contribution < 1.29 is 17.9 Å². The molecule has 3 aromatic carbocycles. The van der Waals surface area contributed by atoms with Crippen LogP contribution in [-0.2, 0) is 10.0 Å². The van der Waals surface area contributed by atoms with Gasteiger partial charge in [0.05, 0.1) is 15.5 Å². The van der Waals surface area contributed by atoms with Gasteiger partial charge in [0.1, 0.15) is 5.75 Å². The molecule has 0 radical (unpaired) electrons. The van der Waals surface area contributed by atoms with E-state index in [9.17, 15) is 13.2 Å². The summed E-state index contributed by atoms with van der Waals surface area (Å²) in [5.74, 6) is 0.340. The molecule has 2 N–H and O–H groups in total. The highest BCUT2D eigenvalue weighted by Gasteiger charge is 2.15. The Morgan fingerprint density at radius 2 is 1.60 bits per heavy atom. The van der Waals surface area contributed by atoms with Crippen molar-refractivity contribution in [3.8, 4) is 5.75 Å². The zero-order chi connectivity index (χ0) is 21.7. The first kappa shape index (κ1) is 21.9. The highest BCUT2D eigenvalue weighted by atomic mass is 79.9. The molecule has 3 aromatic rings. The molecule has 0 atom stereocenters. The summed E-state index contributed by atoms with van der Waals surface area (Å²) in [6.07, 6.45) is 0.0205. The highest BCUT2D eigenvalue weighted by molar-refractivity contribution is 9.10. The molecule has 30 heavy (non-hydrogen) atoms. The summed E-state index contributed by atoms with van der Waals surface area (Å²) in [5.41, 5.74) is 1.41. The third-order valence-corrected chi connectivity index (χ3v) is 6.02. The summed E-state index contributed by atoms with van der Waals surface area (Å²) < 4.78 is 33.8. The molecular weight excluding hydrogens is 468 g/mol. The van der Waals surface area contributed by atoms with Crippen LogP contribution in [0.4, 0.5) is 11.4 Å².